The molecule has 0 spiro atoms. The summed E-state index contributed by atoms with van der Waals surface area (Å²) < 4.78 is 40.9. The SMILES string of the molecule is C=C(c1nc(/C=C/CNC(=O)C2CC2)cc2c(NC3CC4CN(C)CC4C3)cccc12)C(F)(F)F. The lowest BCUT2D eigenvalue weighted by molar-refractivity contribution is -0.122. The summed E-state index contributed by atoms with van der Waals surface area (Å²) in [6.45, 7) is 5.83. The number of alkyl halides is 3. The van der Waals surface area contributed by atoms with E-state index in [1.54, 1.807) is 24.3 Å². The number of hydrogen-bond acceptors (Lipinski definition) is 4. The predicted octanol–water partition coefficient (Wildman–Crippen LogP) is 5.10. The third kappa shape index (κ3) is 5.22. The number of pyridine rings is 1. The molecule has 35 heavy (non-hydrogen) atoms. The summed E-state index contributed by atoms with van der Waals surface area (Å²) >= 11 is 0. The molecule has 8 heteroatoms. The van der Waals surface area contributed by atoms with Crippen LogP contribution in [0.25, 0.3) is 22.4 Å². The van der Waals surface area contributed by atoms with E-state index >= 15 is 0 Å². The average molecular weight is 485 g/mol. The van der Waals surface area contributed by atoms with E-state index in [9.17, 15) is 18.0 Å². The van der Waals surface area contributed by atoms with Crippen LogP contribution in [0.15, 0.2) is 36.9 Å². The van der Waals surface area contributed by atoms with Crippen LogP contribution in [0.4, 0.5) is 18.9 Å². The molecule has 1 amide bonds. The van der Waals surface area contributed by atoms with Crippen molar-refractivity contribution >= 4 is 34.0 Å². The van der Waals surface area contributed by atoms with E-state index in [0.29, 0.717) is 40.9 Å². The number of likely N-dealkylation sites (tertiary alicyclic amines) is 1. The van der Waals surface area contributed by atoms with Crippen LogP contribution in [0.1, 0.15) is 37.1 Å². The van der Waals surface area contributed by atoms with E-state index in [2.05, 4.69) is 34.1 Å². The Morgan fingerprint density at radius 1 is 1.20 bits per heavy atom. The molecular weight excluding hydrogens is 453 g/mol. The van der Waals surface area contributed by atoms with Crippen molar-refractivity contribution in [3.8, 4) is 0 Å². The molecule has 0 bridgehead atoms. The number of nitrogens with one attached hydrogen (secondary N) is 2. The Labute approximate surface area is 203 Å². The lowest BCUT2D eigenvalue weighted by Crippen LogP contribution is -2.24. The van der Waals surface area contributed by atoms with Crippen molar-refractivity contribution in [2.24, 2.45) is 17.8 Å². The third-order valence-corrected chi connectivity index (χ3v) is 7.45. The number of rotatable bonds is 7. The summed E-state index contributed by atoms with van der Waals surface area (Å²) in [5, 5.41) is 7.57. The normalized spacial score (nSPS) is 24.7. The number of halogens is 3. The second-order valence-corrected chi connectivity index (χ2v) is 10.2. The fourth-order valence-corrected chi connectivity index (χ4v) is 5.57. The molecule has 186 valence electrons. The number of allylic oxidation sites excluding steroid dienone is 1. The van der Waals surface area contributed by atoms with Crippen LogP contribution in [-0.2, 0) is 4.79 Å². The second kappa shape index (κ2) is 9.30. The van der Waals surface area contributed by atoms with Crippen molar-refractivity contribution in [1.29, 1.82) is 0 Å². The minimum atomic E-state index is -4.58. The summed E-state index contributed by atoms with van der Waals surface area (Å²) in [7, 11) is 2.15. The molecular formula is C27H31F3N4O. The first-order valence-corrected chi connectivity index (χ1v) is 12.3. The highest BCUT2D eigenvalue weighted by atomic mass is 19.4. The Bertz CT molecular complexity index is 1160. The maximum Gasteiger partial charge on any atom is 0.417 e. The van der Waals surface area contributed by atoms with E-state index in [0.717, 1.165) is 44.5 Å². The fraction of sp³-hybridized carbons (Fsp3) is 0.481. The zero-order chi connectivity index (χ0) is 24.7. The lowest BCUT2D eigenvalue weighted by atomic mass is 10.0. The number of anilines is 1. The number of hydrogen-bond donors (Lipinski definition) is 2. The van der Waals surface area contributed by atoms with Crippen molar-refractivity contribution in [3.63, 3.8) is 0 Å². The van der Waals surface area contributed by atoms with Crippen LogP contribution in [0.2, 0.25) is 0 Å². The average Bonchev–Trinajstić information content (AvgIpc) is 3.51. The van der Waals surface area contributed by atoms with Crippen molar-refractivity contribution in [1.82, 2.24) is 15.2 Å². The smallest absolute Gasteiger partial charge is 0.382 e. The van der Waals surface area contributed by atoms with Gasteiger partial charge in [-0.3, -0.25) is 4.79 Å². The molecule has 1 aliphatic heterocycles. The van der Waals surface area contributed by atoms with Gasteiger partial charge in [0.2, 0.25) is 5.91 Å². The van der Waals surface area contributed by atoms with Crippen LogP contribution in [0.3, 0.4) is 0 Å². The number of carbonyl (C=O) groups excluding carboxylic acids is 1. The van der Waals surface area contributed by atoms with E-state index < -0.39 is 11.7 Å². The zero-order valence-corrected chi connectivity index (χ0v) is 19.9. The number of carbonyl (C=O) groups is 1. The highest BCUT2D eigenvalue weighted by molar-refractivity contribution is 6.00. The van der Waals surface area contributed by atoms with Crippen LogP contribution in [-0.4, -0.2) is 54.7 Å². The van der Waals surface area contributed by atoms with Gasteiger partial charge in [-0.1, -0.05) is 24.8 Å². The fourth-order valence-electron chi connectivity index (χ4n) is 5.57. The largest absolute Gasteiger partial charge is 0.417 e. The van der Waals surface area contributed by atoms with Gasteiger partial charge < -0.3 is 15.5 Å². The molecule has 1 aromatic carbocycles. The summed E-state index contributed by atoms with van der Waals surface area (Å²) in [6.07, 6.45) is 2.75. The van der Waals surface area contributed by atoms with Gasteiger partial charge in [0.05, 0.1) is 17.0 Å². The second-order valence-electron chi connectivity index (χ2n) is 10.2. The van der Waals surface area contributed by atoms with Gasteiger partial charge in [0, 0.05) is 48.1 Å². The third-order valence-electron chi connectivity index (χ3n) is 7.45. The Hall–Kier alpha value is -2.87. The Balaban J connectivity index is 1.43. The molecule has 5 rings (SSSR count). The monoisotopic (exact) mass is 484 g/mol. The van der Waals surface area contributed by atoms with Crippen molar-refractivity contribution in [2.45, 2.75) is 37.9 Å². The topological polar surface area (TPSA) is 57.3 Å². The van der Waals surface area contributed by atoms with Gasteiger partial charge in [-0.2, -0.15) is 13.2 Å². The number of amides is 1. The molecule has 2 N–H and O–H groups in total. The summed E-state index contributed by atoms with van der Waals surface area (Å²) in [5.74, 6) is 1.46. The molecule has 2 unspecified atom stereocenters. The van der Waals surface area contributed by atoms with Crippen LogP contribution in [0, 0.1) is 17.8 Å². The molecule has 2 heterocycles. The Morgan fingerprint density at radius 3 is 2.57 bits per heavy atom. The molecule has 2 saturated carbocycles. The van der Waals surface area contributed by atoms with Gasteiger partial charge in [-0.05, 0) is 62.8 Å². The minimum Gasteiger partial charge on any atom is -0.382 e. The van der Waals surface area contributed by atoms with Gasteiger partial charge in [0.15, 0.2) is 0 Å². The molecule has 1 aromatic heterocycles. The number of benzene rings is 1. The van der Waals surface area contributed by atoms with E-state index in [-0.39, 0.29) is 17.5 Å². The predicted molar refractivity (Wildman–Crippen MR) is 133 cm³/mol. The van der Waals surface area contributed by atoms with Gasteiger partial charge in [-0.25, -0.2) is 4.98 Å². The summed E-state index contributed by atoms with van der Waals surface area (Å²) in [6, 6.07) is 7.47. The van der Waals surface area contributed by atoms with E-state index in [1.807, 2.05) is 12.1 Å². The van der Waals surface area contributed by atoms with Crippen molar-refractivity contribution in [3.05, 3.63) is 48.3 Å². The summed E-state index contributed by atoms with van der Waals surface area (Å²) in [5.41, 5.74) is 0.0921. The van der Waals surface area contributed by atoms with Crippen molar-refractivity contribution < 1.29 is 18.0 Å². The van der Waals surface area contributed by atoms with Crippen LogP contribution < -0.4 is 10.6 Å². The maximum atomic E-state index is 13.6. The molecule has 2 aromatic rings. The lowest BCUT2D eigenvalue weighted by Gasteiger charge is -2.20. The molecule has 0 radical (unpaired) electrons. The Morgan fingerprint density at radius 2 is 1.91 bits per heavy atom. The molecule has 2 atom stereocenters. The maximum absolute atomic E-state index is 13.6. The number of fused-ring (bicyclic) bond motifs is 2. The zero-order valence-electron chi connectivity index (χ0n) is 19.9. The van der Waals surface area contributed by atoms with E-state index in [1.165, 1.54) is 0 Å². The molecule has 5 nitrogen and oxygen atoms in total. The summed E-state index contributed by atoms with van der Waals surface area (Å²) in [4.78, 5) is 18.5. The van der Waals surface area contributed by atoms with Gasteiger partial charge >= 0.3 is 6.18 Å². The number of aromatic nitrogens is 1. The quantitative estimate of drug-likeness (QED) is 0.574. The highest BCUT2D eigenvalue weighted by Crippen LogP contribution is 2.41. The minimum absolute atomic E-state index is 0.0197. The first-order valence-electron chi connectivity index (χ1n) is 12.3. The molecule has 1 saturated heterocycles. The standard InChI is InChI=1S/C27H31F3N4O/c1-16(27(28,29)30)25-22-6-3-7-24(32-21-11-18-14-34(2)15-19(18)12-21)23(22)13-20(33-25)5-4-10-31-26(35)17-8-9-17/h3-7,13,17-19,21,32H,1,8-12,14-15H2,2H3,(H,31,35)/b5-4+. The molecule has 3 fully saturated rings. The van der Waals surface area contributed by atoms with Gasteiger partial charge in [0.1, 0.15) is 0 Å². The Kier molecular flexibility index (Phi) is 6.34. The van der Waals surface area contributed by atoms with Gasteiger partial charge in [-0.15, -0.1) is 0 Å². The van der Waals surface area contributed by atoms with E-state index in [4.69, 9.17) is 0 Å². The highest BCUT2D eigenvalue weighted by Gasteiger charge is 2.40. The first kappa shape index (κ1) is 23.9. The van der Waals surface area contributed by atoms with Crippen LogP contribution >= 0.6 is 0 Å². The van der Waals surface area contributed by atoms with Crippen molar-refractivity contribution in [2.75, 3.05) is 32.0 Å². The van der Waals surface area contributed by atoms with Gasteiger partial charge in [0.25, 0.3) is 0 Å². The molecule has 3 aliphatic rings. The number of nitrogens with zero attached hydrogens (tertiary/aromatic N) is 2. The molecule has 2 aliphatic carbocycles. The van der Waals surface area contributed by atoms with Crippen LogP contribution in [0.5, 0.6) is 0 Å². The first-order chi connectivity index (χ1) is 16.7.